The van der Waals surface area contributed by atoms with Crippen LogP contribution in [0.3, 0.4) is 0 Å². The van der Waals surface area contributed by atoms with E-state index in [-0.39, 0.29) is 10.2 Å². The topological polar surface area (TPSA) is 34.1 Å². The lowest BCUT2D eigenvalue weighted by molar-refractivity contribution is -0.110. The molecule has 0 aromatic heterocycles. The summed E-state index contributed by atoms with van der Waals surface area (Å²) in [6, 6.07) is 18.5. The molecule has 0 unspecified atom stereocenters. The lowest BCUT2D eigenvalue weighted by atomic mass is 10.2. The molecule has 0 bridgehead atoms. The average Bonchev–Trinajstić information content (AvgIpc) is 2.47. The standard InChI is InChI=1S/C15H12O2S2/c16-14(11-12-7-3-1-4-8-12)18-19-15(17)13-9-5-2-6-10-13/h1-10H,11H2. The molecular weight excluding hydrogens is 276 g/mol. The second-order valence-electron chi connectivity index (χ2n) is 3.85. The van der Waals surface area contributed by atoms with E-state index >= 15 is 0 Å². The van der Waals surface area contributed by atoms with Crippen LogP contribution in [0.25, 0.3) is 0 Å². The minimum Gasteiger partial charge on any atom is -0.286 e. The van der Waals surface area contributed by atoms with Gasteiger partial charge in [-0.3, -0.25) is 9.59 Å². The minimum atomic E-state index is -0.0907. The molecular formula is C15H12O2S2. The van der Waals surface area contributed by atoms with Gasteiger partial charge in [0.1, 0.15) is 0 Å². The summed E-state index contributed by atoms with van der Waals surface area (Å²) in [6.45, 7) is 0. The first-order valence-corrected chi connectivity index (χ1v) is 7.91. The summed E-state index contributed by atoms with van der Waals surface area (Å²) in [5, 5.41) is -0.104. The van der Waals surface area contributed by atoms with Crippen LogP contribution >= 0.6 is 21.6 Å². The SMILES string of the molecule is O=C(Cc1ccccc1)SSC(=O)c1ccccc1. The zero-order valence-electron chi connectivity index (χ0n) is 10.1. The molecule has 0 amide bonds. The first-order valence-electron chi connectivity index (χ1n) is 5.76. The van der Waals surface area contributed by atoms with Crippen LogP contribution < -0.4 is 0 Å². The minimum absolute atomic E-state index is 0.0134. The van der Waals surface area contributed by atoms with Gasteiger partial charge >= 0.3 is 0 Å². The van der Waals surface area contributed by atoms with Gasteiger partial charge in [-0.05, 0) is 27.2 Å². The second-order valence-corrected chi connectivity index (χ2v) is 6.01. The lowest BCUT2D eigenvalue weighted by Crippen LogP contribution is -1.97. The highest BCUT2D eigenvalue weighted by Crippen LogP contribution is 2.27. The van der Waals surface area contributed by atoms with E-state index in [4.69, 9.17) is 0 Å². The van der Waals surface area contributed by atoms with Gasteiger partial charge in [0.15, 0.2) is 0 Å². The van der Waals surface area contributed by atoms with E-state index in [1.165, 1.54) is 0 Å². The van der Waals surface area contributed by atoms with Crippen molar-refractivity contribution in [1.29, 1.82) is 0 Å². The maximum absolute atomic E-state index is 11.8. The summed E-state index contributed by atoms with van der Waals surface area (Å²) in [5.74, 6) is 0. The quantitative estimate of drug-likeness (QED) is 0.800. The third-order valence-corrected chi connectivity index (χ3v) is 4.47. The van der Waals surface area contributed by atoms with Crippen LogP contribution in [0.1, 0.15) is 15.9 Å². The summed E-state index contributed by atoms with van der Waals surface area (Å²) in [6.07, 6.45) is 0.348. The molecule has 0 atom stereocenters. The van der Waals surface area contributed by atoms with Gasteiger partial charge in [0.25, 0.3) is 0 Å². The zero-order chi connectivity index (χ0) is 13.5. The molecule has 2 aromatic carbocycles. The van der Waals surface area contributed by atoms with Crippen molar-refractivity contribution in [1.82, 2.24) is 0 Å². The van der Waals surface area contributed by atoms with Crippen LogP contribution in [-0.2, 0) is 11.2 Å². The van der Waals surface area contributed by atoms with Crippen LogP contribution in [-0.4, -0.2) is 10.2 Å². The van der Waals surface area contributed by atoms with Crippen molar-refractivity contribution in [3.8, 4) is 0 Å². The molecule has 0 aliphatic heterocycles. The van der Waals surface area contributed by atoms with Crippen molar-refractivity contribution in [3.05, 3.63) is 71.8 Å². The van der Waals surface area contributed by atoms with Crippen LogP contribution in [0.5, 0.6) is 0 Å². The Hall–Kier alpha value is -1.52. The van der Waals surface area contributed by atoms with Crippen LogP contribution in [0.2, 0.25) is 0 Å². The Morgan fingerprint density at radius 3 is 2.00 bits per heavy atom. The number of hydrogen-bond donors (Lipinski definition) is 0. The Labute approximate surface area is 120 Å². The number of benzene rings is 2. The molecule has 0 heterocycles. The summed E-state index contributed by atoms with van der Waals surface area (Å²) in [5.41, 5.74) is 1.58. The maximum Gasteiger partial charge on any atom is 0.230 e. The molecule has 19 heavy (non-hydrogen) atoms. The molecule has 0 aliphatic rings. The molecule has 2 aromatic rings. The van der Waals surface area contributed by atoms with Gasteiger partial charge in [0, 0.05) is 12.0 Å². The first kappa shape index (κ1) is 13.9. The molecule has 2 nitrogen and oxygen atoms in total. The van der Waals surface area contributed by atoms with Crippen molar-refractivity contribution in [2.24, 2.45) is 0 Å². The predicted molar refractivity (Wildman–Crippen MR) is 81.1 cm³/mol. The lowest BCUT2D eigenvalue weighted by Gasteiger charge is -2.00. The summed E-state index contributed by atoms with van der Waals surface area (Å²) in [7, 11) is 1.99. The van der Waals surface area contributed by atoms with Crippen LogP contribution in [0.15, 0.2) is 60.7 Å². The Morgan fingerprint density at radius 1 is 0.789 bits per heavy atom. The molecule has 96 valence electrons. The van der Waals surface area contributed by atoms with Crippen molar-refractivity contribution in [3.63, 3.8) is 0 Å². The fourth-order valence-corrected chi connectivity index (χ4v) is 3.10. The molecule has 0 fully saturated rings. The Bertz CT molecular complexity index is 553. The third kappa shape index (κ3) is 4.58. The Morgan fingerprint density at radius 2 is 1.37 bits per heavy atom. The van der Waals surface area contributed by atoms with E-state index in [0.717, 1.165) is 27.2 Å². The first-order chi connectivity index (χ1) is 9.25. The summed E-state index contributed by atoms with van der Waals surface area (Å²) < 4.78 is 0. The van der Waals surface area contributed by atoms with Crippen LogP contribution in [0.4, 0.5) is 0 Å². The van der Waals surface area contributed by atoms with E-state index < -0.39 is 0 Å². The third-order valence-electron chi connectivity index (χ3n) is 2.41. The van der Waals surface area contributed by atoms with Gasteiger partial charge in [-0.2, -0.15) is 0 Å². The Balaban J connectivity index is 1.83. The van der Waals surface area contributed by atoms with E-state index in [1.807, 2.05) is 48.5 Å². The highest BCUT2D eigenvalue weighted by molar-refractivity contribution is 8.87. The smallest absolute Gasteiger partial charge is 0.230 e. The second kappa shape index (κ2) is 7.16. The summed E-state index contributed by atoms with van der Waals surface area (Å²) >= 11 is 0. The van der Waals surface area contributed by atoms with E-state index in [9.17, 15) is 9.59 Å². The summed E-state index contributed by atoms with van der Waals surface area (Å²) in [4.78, 5) is 23.5. The molecule has 0 spiro atoms. The number of hydrogen-bond acceptors (Lipinski definition) is 4. The number of carbonyl (C=O) groups is 2. The van der Waals surface area contributed by atoms with Crippen molar-refractivity contribution in [2.75, 3.05) is 0 Å². The van der Waals surface area contributed by atoms with Crippen molar-refractivity contribution >= 4 is 31.8 Å². The van der Waals surface area contributed by atoms with Gasteiger partial charge in [0.2, 0.25) is 10.2 Å². The highest BCUT2D eigenvalue weighted by Gasteiger charge is 2.11. The van der Waals surface area contributed by atoms with Gasteiger partial charge in [-0.15, -0.1) is 0 Å². The van der Waals surface area contributed by atoms with Gasteiger partial charge in [0.05, 0.1) is 0 Å². The molecule has 4 heteroatoms. The monoisotopic (exact) mass is 288 g/mol. The highest BCUT2D eigenvalue weighted by atomic mass is 33.1. The van der Waals surface area contributed by atoms with Gasteiger partial charge in [-0.1, -0.05) is 60.7 Å². The maximum atomic E-state index is 11.8. The zero-order valence-corrected chi connectivity index (χ0v) is 11.7. The molecule has 0 N–H and O–H groups in total. The van der Waals surface area contributed by atoms with E-state index in [0.29, 0.717) is 12.0 Å². The molecule has 2 rings (SSSR count). The predicted octanol–water partition coefficient (Wildman–Crippen LogP) is 3.98. The van der Waals surface area contributed by atoms with E-state index in [2.05, 4.69) is 0 Å². The molecule has 0 radical (unpaired) electrons. The molecule has 0 saturated heterocycles. The van der Waals surface area contributed by atoms with Crippen LogP contribution in [0, 0.1) is 0 Å². The number of carbonyl (C=O) groups excluding carboxylic acids is 2. The molecule has 0 aliphatic carbocycles. The van der Waals surface area contributed by atoms with Crippen molar-refractivity contribution in [2.45, 2.75) is 6.42 Å². The number of rotatable bonds is 3. The fourth-order valence-electron chi connectivity index (χ4n) is 1.50. The van der Waals surface area contributed by atoms with Gasteiger partial charge < -0.3 is 0 Å². The molecule has 0 saturated carbocycles. The van der Waals surface area contributed by atoms with Gasteiger partial charge in [-0.25, -0.2) is 0 Å². The largest absolute Gasteiger partial charge is 0.286 e. The fraction of sp³-hybridized carbons (Fsp3) is 0.0667. The van der Waals surface area contributed by atoms with Crippen molar-refractivity contribution < 1.29 is 9.59 Å². The average molecular weight is 288 g/mol. The Kier molecular flexibility index (Phi) is 5.24. The normalized spacial score (nSPS) is 10.1. The van der Waals surface area contributed by atoms with E-state index in [1.54, 1.807) is 12.1 Å².